The van der Waals surface area contributed by atoms with E-state index in [1.165, 1.54) is 4.88 Å². The molecule has 0 saturated carbocycles. The summed E-state index contributed by atoms with van der Waals surface area (Å²) in [6.45, 7) is 5.56. The van der Waals surface area contributed by atoms with Crippen LogP contribution in [0.25, 0.3) is 0 Å². The average Bonchev–Trinajstić information content (AvgIpc) is 3.31. The van der Waals surface area contributed by atoms with Gasteiger partial charge in [-0.1, -0.05) is 48.5 Å². The van der Waals surface area contributed by atoms with Crippen LogP contribution in [0.15, 0.2) is 66.0 Å². The normalized spacial score (nSPS) is 15.1. The van der Waals surface area contributed by atoms with Gasteiger partial charge in [-0.25, -0.2) is 0 Å². The van der Waals surface area contributed by atoms with E-state index < -0.39 is 0 Å². The van der Waals surface area contributed by atoms with E-state index in [-0.39, 0.29) is 24.4 Å². The third kappa shape index (κ3) is 5.45. The second kappa shape index (κ2) is 10.7. The van der Waals surface area contributed by atoms with Crippen molar-refractivity contribution in [3.8, 4) is 5.75 Å². The first-order valence-corrected chi connectivity index (χ1v) is 12.3. The molecule has 172 valence electrons. The van der Waals surface area contributed by atoms with E-state index in [0.717, 1.165) is 28.9 Å². The predicted molar refractivity (Wildman–Crippen MR) is 132 cm³/mol. The summed E-state index contributed by atoms with van der Waals surface area (Å²) >= 11 is 1.73. The highest BCUT2D eigenvalue weighted by Crippen LogP contribution is 2.34. The van der Waals surface area contributed by atoms with Gasteiger partial charge in [0.05, 0.1) is 19.0 Å². The van der Waals surface area contributed by atoms with Crippen LogP contribution in [0.3, 0.4) is 0 Å². The minimum atomic E-state index is -0.157. The zero-order valence-electron chi connectivity index (χ0n) is 19.2. The zero-order chi connectivity index (χ0) is 23.2. The number of rotatable bonds is 8. The first kappa shape index (κ1) is 23.1. The Labute approximate surface area is 199 Å². The van der Waals surface area contributed by atoms with Gasteiger partial charge in [0.2, 0.25) is 11.8 Å². The highest BCUT2D eigenvalue weighted by Gasteiger charge is 2.33. The summed E-state index contributed by atoms with van der Waals surface area (Å²) in [6, 6.07) is 19.5. The maximum absolute atomic E-state index is 13.4. The summed E-state index contributed by atoms with van der Waals surface area (Å²) < 4.78 is 6.17. The van der Waals surface area contributed by atoms with Crippen LogP contribution < -0.4 is 4.74 Å². The Morgan fingerprint density at radius 2 is 1.85 bits per heavy atom. The van der Waals surface area contributed by atoms with E-state index >= 15 is 0 Å². The Balaban J connectivity index is 1.47. The summed E-state index contributed by atoms with van der Waals surface area (Å²) in [5.74, 6) is 0.770. The van der Waals surface area contributed by atoms with Crippen molar-refractivity contribution >= 4 is 23.2 Å². The number of fused-ring (bicyclic) bond motifs is 1. The first-order chi connectivity index (χ1) is 16.1. The maximum atomic E-state index is 13.4. The molecule has 1 atom stereocenters. The molecule has 1 aliphatic rings. The van der Waals surface area contributed by atoms with Gasteiger partial charge < -0.3 is 14.5 Å². The van der Waals surface area contributed by atoms with Crippen molar-refractivity contribution in [1.29, 1.82) is 0 Å². The summed E-state index contributed by atoms with van der Waals surface area (Å²) in [6.07, 6.45) is 1.14. The van der Waals surface area contributed by atoms with Crippen LogP contribution >= 0.6 is 11.3 Å². The molecule has 4 rings (SSSR count). The number of hydrogen-bond donors (Lipinski definition) is 0. The molecular weight excluding hydrogens is 432 g/mol. The van der Waals surface area contributed by atoms with Crippen LogP contribution in [0.1, 0.15) is 34.5 Å². The lowest BCUT2D eigenvalue weighted by Crippen LogP contribution is -2.48. The standard InChI is InChI=1S/C27H30N2O3S/c1-3-28(26(30)17-21-10-5-4-6-11-21)18-27(31)29-15-13-25-22(14-16-33-25)23(29)19-32-24-12-8-7-9-20(24)2/h4-12,14,16,23H,3,13,15,17-19H2,1-2H3/t23-/m0/s1. The van der Waals surface area contributed by atoms with Crippen molar-refractivity contribution < 1.29 is 14.3 Å². The number of nitrogens with zero attached hydrogens (tertiary/aromatic N) is 2. The Bertz CT molecular complexity index is 1100. The molecule has 1 aromatic heterocycles. The molecule has 0 bridgehead atoms. The van der Waals surface area contributed by atoms with Gasteiger partial charge in [-0.15, -0.1) is 11.3 Å². The van der Waals surface area contributed by atoms with Crippen LogP contribution in [0.2, 0.25) is 0 Å². The smallest absolute Gasteiger partial charge is 0.242 e. The molecule has 0 saturated heterocycles. The Kier molecular flexibility index (Phi) is 7.45. The number of amides is 2. The number of likely N-dealkylation sites (N-methyl/N-ethyl adjacent to an activating group) is 1. The van der Waals surface area contributed by atoms with Crippen molar-refractivity contribution in [2.24, 2.45) is 0 Å². The molecule has 0 radical (unpaired) electrons. The van der Waals surface area contributed by atoms with Crippen LogP contribution in [0.5, 0.6) is 5.75 Å². The molecule has 2 heterocycles. The second-order valence-corrected chi connectivity index (χ2v) is 9.30. The number of carbonyl (C=O) groups excluding carboxylic acids is 2. The zero-order valence-corrected chi connectivity index (χ0v) is 20.0. The topological polar surface area (TPSA) is 49.9 Å². The van der Waals surface area contributed by atoms with Crippen molar-refractivity contribution in [1.82, 2.24) is 9.80 Å². The molecule has 5 nitrogen and oxygen atoms in total. The number of ether oxygens (including phenoxy) is 1. The van der Waals surface area contributed by atoms with E-state index in [2.05, 4.69) is 11.4 Å². The van der Waals surface area contributed by atoms with Gasteiger partial charge in [-0.2, -0.15) is 0 Å². The minimum Gasteiger partial charge on any atom is -0.491 e. The lowest BCUT2D eigenvalue weighted by atomic mass is 10.00. The number of carbonyl (C=O) groups is 2. The summed E-state index contributed by atoms with van der Waals surface area (Å²) in [7, 11) is 0. The quantitative estimate of drug-likeness (QED) is 0.490. The monoisotopic (exact) mass is 462 g/mol. The lowest BCUT2D eigenvalue weighted by Gasteiger charge is -2.37. The molecule has 33 heavy (non-hydrogen) atoms. The molecule has 0 fully saturated rings. The Hall–Kier alpha value is -3.12. The van der Waals surface area contributed by atoms with Gasteiger partial charge in [-0.3, -0.25) is 9.59 Å². The number of benzene rings is 2. The van der Waals surface area contributed by atoms with E-state index in [9.17, 15) is 9.59 Å². The molecule has 0 aliphatic carbocycles. The molecule has 2 aromatic carbocycles. The van der Waals surface area contributed by atoms with Crippen molar-refractivity contribution in [2.45, 2.75) is 32.7 Å². The van der Waals surface area contributed by atoms with Gasteiger partial charge in [0.1, 0.15) is 12.4 Å². The number of hydrogen-bond acceptors (Lipinski definition) is 4. The van der Waals surface area contributed by atoms with E-state index in [0.29, 0.717) is 26.1 Å². The predicted octanol–water partition coefficient (Wildman–Crippen LogP) is 4.65. The average molecular weight is 463 g/mol. The minimum absolute atomic E-state index is 0.0296. The molecule has 3 aromatic rings. The molecule has 2 amide bonds. The summed E-state index contributed by atoms with van der Waals surface area (Å²) in [5.41, 5.74) is 3.19. The van der Waals surface area contributed by atoms with Gasteiger partial charge in [-0.05, 0) is 54.5 Å². The van der Waals surface area contributed by atoms with Crippen LogP contribution in [0.4, 0.5) is 0 Å². The summed E-state index contributed by atoms with van der Waals surface area (Å²) in [4.78, 5) is 31.2. The van der Waals surface area contributed by atoms with Crippen LogP contribution in [-0.2, 0) is 22.4 Å². The van der Waals surface area contributed by atoms with Gasteiger partial charge in [0.15, 0.2) is 0 Å². The molecule has 1 aliphatic heterocycles. The number of thiophene rings is 1. The van der Waals surface area contributed by atoms with Gasteiger partial charge in [0, 0.05) is 18.0 Å². The van der Waals surface area contributed by atoms with Crippen molar-refractivity contribution in [3.63, 3.8) is 0 Å². The van der Waals surface area contributed by atoms with Gasteiger partial charge >= 0.3 is 0 Å². The molecular formula is C27H30N2O3S. The number of aryl methyl sites for hydroxylation is 1. The Morgan fingerprint density at radius 3 is 2.61 bits per heavy atom. The van der Waals surface area contributed by atoms with E-state index in [1.54, 1.807) is 16.2 Å². The molecule has 0 N–H and O–H groups in total. The molecule has 6 heteroatoms. The SMILES string of the molecule is CCN(CC(=O)N1CCc2sccc2[C@@H]1COc1ccccc1C)C(=O)Cc1ccccc1. The fourth-order valence-electron chi connectivity index (χ4n) is 4.27. The van der Waals surface area contributed by atoms with Crippen LogP contribution in [-0.4, -0.2) is 47.9 Å². The fourth-order valence-corrected chi connectivity index (χ4v) is 5.20. The fraction of sp³-hybridized carbons (Fsp3) is 0.333. The number of para-hydroxylation sites is 1. The highest BCUT2D eigenvalue weighted by molar-refractivity contribution is 7.10. The second-order valence-electron chi connectivity index (χ2n) is 8.30. The largest absolute Gasteiger partial charge is 0.491 e. The third-order valence-corrected chi connectivity index (χ3v) is 7.16. The van der Waals surface area contributed by atoms with Gasteiger partial charge in [0.25, 0.3) is 0 Å². The van der Waals surface area contributed by atoms with E-state index in [4.69, 9.17) is 4.74 Å². The molecule has 0 unspecified atom stereocenters. The van der Waals surface area contributed by atoms with Crippen LogP contribution in [0, 0.1) is 6.92 Å². The molecule has 0 spiro atoms. The third-order valence-electron chi connectivity index (χ3n) is 6.16. The van der Waals surface area contributed by atoms with Crippen molar-refractivity contribution in [2.75, 3.05) is 26.2 Å². The lowest BCUT2D eigenvalue weighted by molar-refractivity contribution is -0.142. The summed E-state index contributed by atoms with van der Waals surface area (Å²) in [5, 5.41) is 2.08. The highest BCUT2D eigenvalue weighted by atomic mass is 32.1. The Morgan fingerprint density at radius 1 is 1.09 bits per heavy atom. The maximum Gasteiger partial charge on any atom is 0.242 e. The van der Waals surface area contributed by atoms with Crippen molar-refractivity contribution in [3.05, 3.63) is 87.6 Å². The van der Waals surface area contributed by atoms with E-state index in [1.807, 2.05) is 73.3 Å². The first-order valence-electron chi connectivity index (χ1n) is 11.4.